The van der Waals surface area contributed by atoms with Crippen LogP contribution in [0.3, 0.4) is 0 Å². The molecule has 0 aromatic heterocycles. The maximum atomic E-state index is 10.7. The van der Waals surface area contributed by atoms with Gasteiger partial charge in [0.05, 0.1) is 11.0 Å². The monoisotopic (exact) mass is 267 g/mol. The molecule has 0 saturated carbocycles. The Balaban J connectivity index is 2.11. The smallest absolute Gasteiger partial charge is 0.269 e. The molecule has 5 heteroatoms. The minimum absolute atomic E-state index is 0.00994. The van der Waals surface area contributed by atoms with Crippen molar-refractivity contribution in [2.45, 2.75) is 12.6 Å². The molecule has 2 rings (SSSR count). The van der Waals surface area contributed by atoms with E-state index in [-0.39, 0.29) is 5.69 Å². The summed E-state index contributed by atoms with van der Waals surface area (Å²) < 4.78 is 0. The van der Waals surface area contributed by atoms with Gasteiger partial charge in [-0.1, -0.05) is 42.5 Å². The number of non-ortho nitro benzene ring substituents is 1. The fraction of sp³-hybridized carbons (Fsp3) is 0.133. The lowest BCUT2D eigenvalue weighted by molar-refractivity contribution is -0.384. The van der Waals surface area contributed by atoms with Crippen LogP contribution < -0.4 is 5.32 Å². The third-order valence-corrected chi connectivity index (χ3v) is 2.90. The highest BCUT2D eigenvalue weighted by atomic mass is 16.6. The number of hydrogen-bond acceptors (Lipinski definition) is 4. The fourth-order valence-corrected chi connectivity index (χ4v) is 1.87. The Hall–Kier alpha value is -2.71. The molecule has 0 aliphatic carbocycles. The largest absolute Gasteiger partial charge is 0.294 e. The summed E-state index contributed by atoms with van der Waals surface area (Å²) in [5, 5.41) is 23.0. The first kappa shape index (κ1) is 13.7. The summed E-state index contributed by atoms with van der Waals surface area (Å²) in [4.78, 5) is 10.3. The van der Waals surface area contributed by atoms with E-state index in [0.29, 0.717) is 12.1 Å². The average molecular weight is 267 g/mol. The molecule has 1 atom stereocenters. The predicted octanol–water partition coefficient (Wildman–Crippen LogP) is 2.95. The van der Waals surface area contributed by atoms with Gasteiger partial charge in [-0.05, 0) is 11.1 Å². The average Bonchev–Trinajstić information content (AvgIpc) is 2.49. The molecule has 0 bridgehead atoms. The summed E-state index contributed by atoms with van der Waals surface area (Å²) in [6, 6.07) is 17.3. The summed E-state index contributed by atoms with van der Waals surface area (Å²) in [7, 11) is 0. The van der Waals surface area contributed by atoms with Crippen molar-refractivity contribution >= 4 is 5.69 Å². The number of nitriles is 1. The summed E-state index contributed by atoms with van der Waals surface area (Å²) in [6.07, 6.45) is 0. The molecule has 0 fully saturated rings. The van der Waals surface area contributed by atoms with Crippen molar-refractivity contribution in [2.75, 3.05) is 0 Å². The third kappa shape index (κ3) is 3.40. The zero-order valence-corrected chi connectivity index (χ0v) is 10.7. The molecular formula is C15H13N3O2. The highest BCUT2D eigenvalue weighted by Gasteiger charge is 2.13. The van der Waals surface area contributed by atoms with E-state index in [2.05, 4.69) is 11.4 Å². The molecule has 0 spiro atoms. The molecule has 0 saturated heterocycles. The predicted molar refractivity (Wildman–Crippen MR) is 74.7 cm³/mol. The van der Waals surface area contributed by atoms with Gasteiger partial charge in [0.2, 0.25) is 0 Å². The molecule has 2 aromatic rings. The fourth-order valence-electron chi connectivity index (χ4n) is 1.87. The SMILES string of the molecule is N#C[C@@H](NCc1ccccc1)c1cccc([N+](=O)[O-])c1. The van der Waals surface area contributed by atoms with Crippen LogP contribution in [0.2, 0.25) is 0 Å². The van der Waals surface area contributed by atoms with E-state index in [9.17, 15) is 15.4 Å². The van der Waals surface area contributed by atoms with Gasteiger partial charge in [0.15, 0.2) is 0 Å². The number of nitrogens with one attached hydrogen (secondary N) is 1. The van der Waals surface area contributed by atoms with Crippen molar-refractivity contribution in [2.24, 2.45) is 0 Å². The van der Waals surface area contributed by atoms with Crippen LogP contribution in [0.25, 0.3) is 0 Å². The van der Waals surface area contributed by atoms with E-state index < -0.39 is 11.0 Å². The van der Waals surface area contributed by atoms with Crippen LogP contribution in [-0.4, -0.2) is 4.92 Å². The van der Waals surface area contributed by atoms with Gasteiger partial charge in [-0.2, -0.15) is 5.26 Å². The molecule has 0 radical (unpaired) electrons. The van der Waals surface area contributed by atoms with Crippen LogP contribution in [0.1, 0.15) is 17.2 Å². The third-order valence-electron chi connectivity index (χ3n) is 2.90. The van der Waals surface area contributed by atoms with E-state index in [1.54, 1.807) is 12.1 Å². The molecular weight excluding hydrogens is 254 g/mol. The first-order valence-electron chi connectivity index (χ1n) is 6.12. The lowest BCUT2D eigenvalue weighted by atomic mass is 10.1. The van der Waals surface area contributed by atoms with Gasteiger partial charge >= 0.3 is 0 Å². The van der Waals surface area contributed by atoms with Crippen LogP contribution in [-0.2, 0) is 6.54 Å². The van der Waals surface area contributed by atoms with E-state index >= 15 is 0 Å². The van der Waals surface area contributed by atoms with Gasteiger partial charge in [-0.15, -0.1) is 0 Å². The van der Waals surface area contributed by atoms with Crippen LogP contribution >= 0.6 is 0 Å². The van der Waals surface area contributed by atoms with Gasteiger partial charge < -0.3 is 0 Å². The molecule has 2 aromatic carbocycles. The molecule has 0 heterocycles. The van der Waals surface area contributed by atoms with Crippen molar-refractivity contribution in [3.63, 3.8) is 0 Å². The maximum absolute atomic E-state index is 10.7. The molecule has 0 amide bonds. The number of benzene rings is 2. The van der Waals surface area contributed by atoms with Crippen molar-refractivity contribution in [3.8, 4) is 6.07 Å². The number of nitrogens with zero attached hydrogens (tertiary/aromatic N) is 2. The van der Waals surface area contributed by atoms with Crippen LogP contribution in [0, 0.1) is 21.4 Å². The zero-order valence-electron chi connectivity index (χ0n) is 10.7. The quantitative estimate of drug-likeness (QED) is 0.667. The summed E-state index contributed by atoms with van der Waals surface area (Å²) in [6.45, 7) is 0.530. The Morgan fingerprint density at radius 2 is 1.95 bits per heavy atom. The van der Waals surface area contributed by atoms with Crippen LogP contribution in [0.15, 0.2) is 54.6 Å². The Kier molecular flexibility index (Phi) is 4.43. The first-order chi connectivity index (χ1) is 9.70. The van der Waals surface area contributed by atoms with Gasteiger partial charge in [0, 0.05) is 18.7 Å². The second kappa shape index (κ2) is 6.45. The van der Waals surface area contributed by atoms with E-state index in [1.165, 1.54) is 12.1 Å². The number of nitro benzene ring substituents is 1. The van der Waals surface area contributed by atoms with E-state index in [1.807, 2.05) is 30.3 Å². The number of hydrogen-bond donors (Lipinski definition) is 1. The maximum Gasteiger partial charge on any atom is 0.269 e. The molecule has 0 aliphatic heterocycles. The Labute approximate surface area is 116 Å². The standard InChI is InChI=1S/C15H13N3O2/c16-10-15(17-11-12-5-2-1-3-6-12)13-7-4-8-14(9-13)18(19)20/h1-9,15,17H,11H2/t15-/m1/s1. The number of rotatable bonds is 5. The minimum Gasteiger partial charge on any atom is -0.294 e. The molecule has 1 N–H and O–H groups in total. The van der Waals surface area contributed by atoms with Crippen molar-refractivity contribution < 1.29 is 4.92 Å². The van der Waals surface area contributed by atoms with Crippen LogP contribution in [0.5, 0.6) is 0 Å². The second-order valence-corrected chi connectivity index (χ2v) is 4.28. The van der Waals surface area contributed by atoms with Gasteiger partial charge in [-0.3, -0.25) is 15.4 Å². The number of nitro groups is 1. The summed E-state index contributed by atoms with van der Waals surface area (Å²) in [5.41, 5.74) is 1.64. The topological polar surface area (TPSA) is 79.0 Å². The molecule has 20 heavy (non-hydrogen) atoms. The Bertz CT molecular complexity index is 635. The normalized spacial score (nSPS) is 11.6. The highest BCUT2D eigenvalue weighted by Crippen LogP contribution is 2.19. The Morgan fingerprint density at radius 3 is 2.60 bits per heavy atom. The lowest BCUT2D eigenvalue weighted by Crippen LogP contribution is -2.19. The van der Waals surface area contributed by atoms with Crippen molar-refractivity contribution in [1.29, 1.82) is 5.26 Å². The summed E-state index contributed by atoms with van der Waals surface area (Å²) in [5.74, 6) is 0. The second-order valence-electron chi connectivity index (χ2n) is 4.28. The van der Waals surface area contributed by atoms with Crippen molar-refractivity contribution in [1.82, 2.24) is 5.32 Å². The minimum atomic E-state index is -0.574. The highest BCUT2D eigenvalue weighted by molar-refractivity contribution is 5.37. The summed E-state index contributed by atoms with van der Waals surface area (Å²) >= 11 is 0. The molecule has 0 aliphatic rings. The molecule has 5 nitrogen and oxygen atoms in total. The van der Waals surface area contributed by atoms with Crippen LogP contribution in [0.4, 0.5) is 5.69 Å². The van der Waals surface area contributed by atoms with Gasteiger partial charge in [0.25, 0.3) is 5.69 Å². The van der Waals surface area contributed by atoms with E-state index in [0.717, 1.165) is 5.56 Å². The molecule has 100 valence electrons. The van der Waals surface area contributed by atoms with Crippen molar-refractivity contribution in [3.05, 3.63) is 75.8 Å². The lowest BCUT2D eigenvalue weighted by Gasteiger charge is -2.11. The van der Waals surface area contributed by atoms with Gasteiger partial charge in [-0.25, -0.2) is 0 Å². The zero-order chi connectivity index (χ0) is 14.4. The Morgan fingerprint density at radius 1 is 1.20 bits per heavy atom. The first-order valence-corrected chi connectivity index (χ1v) is 6.12. The molecule has 0 unspecified atom stereocenters. The van der Waals surface area contributed by atoms with E-state index in [4.69, 9.17) is 0 Å². The van der Waals surface area contributed by atoms with Gasteiger partial charge in [0.1, 0.15) is 6.04 Å².